The predicted octanol–water partition coefficient (Wildman–Crippen LogP) is 2.34. The lowest BCUT2D eigenvalue weighted by molar-refractivity contribution is -0.139. The minimum Gasteiger partial charge on any atom is -0.480 e. The Morgan fingerprint density at radius 2 is 1.86 bits per heavy atom. The summed E-state index contributed by atoms with van der Waals surface area (Å²) in [6.07, 6.45) is 2.94. The van der Waals surface area contributed by atoms with Crippen LogP contribution in [-0.4, -0.2) is 48.7 Å². The predicted molar refractivity (Wildman–Crippen MR) is 78.9 cm³/mol. The number of rotatable bonds is 3. The first-order chi connectivity index (χ1) is 10.5. The van der Waals surface area contributed by atoms with E-state index in [0.717, 1.165) is 51.5 Å². The lowest BCUT2D eigenvalue weighted by Crippen LogP contribution is -2.46. The monoisotopic (exact) mass is 310 g/mol. The third-order valence-corrected chi connectivity index (χ3v) is 4.75. The molecule has 2 aliphatic rings. The molecule has 1 N–H and O–H groups in total. The van der Waals surface area contributed by atoms with Crippen LogP contribution in [0, 0.1) is 17.0 Å². The van der Waals surface area contributed by atoms with Gasteiger partial charge in [-0.1, -0.05) is 0 Å². The molecule has 0 aliphatic carbocycles. The summed E-state index contributed by atoms with van der Waals surface area (Å²) >= 11 is 0. The fourth-order valence-electron chi connectivity index (χ4n) is 3.85. The molecule has 1 spiro atoms. The van der Waals surface area contributed by atoms with Gasteiger partial charge in [-0.25, -0.2) is 8.78 Å². The number of likely N-dealkylation sites (tertiary alicyclic amines) is 1. The number of carboxylic acid groups (broad SMARTS) is 1. The van der Waals surface area contributed by atoms with Crippen LogP contribution in [0.4, 0.5) is 14.5 Å². The zero-order chi connectivity index (χ0) is 15.7. The van der Waals surface area contributed by atoms with Crippen molar-refractivity contribution in [2.45, 2.75) is 19.3 Å². The molecule has 2 fully saturated rings. The maximum Gasteiger partial charge on any atom is 0.317 e. The molecule has 0 amide bonds. The molecule has 22 heavy (non-hydrogen) atoms. The molecule has 120 valence electrons. The van der Waals surface area contributed by atoms with Crippen LogP contribution in [-0.2, 0) is 4.79 Å². The van der Waals surface area contributed by atoms with Crippen molar-refractivity contribution in [3.63, 3.8) is 0 Å². The number of carbonyl (C=O) groups is 1. The topological polar surface area (TPSA) is 43.8 Å². The highest BCUT2D eigenvalue weighted by Crippen LogP contribution is 2.40. The molecule has 4 nitrogen and oxygen atoms in total. The van der Waals surface area contributed by atoms with Gasteiger partial charge in [0.15, 0.2) is 0 Å². The van der Waals surface area contributed by atoms with Crippen LogP contribution in [0.15, 0.2) is 18.2 Å². The second-order valence-corrected chi connectivity index (χ2v) is 6.51. The van der Waals surface area contributed by atoms with E-state index in [1.165, 1.54) is 12.1 Å². The molecule has 1 unspecified atom stereocenters. The molecule has 1 aromatic carbocycles. The molecule has 2 aliphatic heterocycles. The number of anilines is 1. The van der Waals surface area contributed by atoms with E-state index < -0.39 is 17.6 Å². The summed E-state index contributed by atoms with van der Waals surface area (Å²) in [6, 6.07) is 3.60. The molecule has 0 saturated carbocycles. The largest absolute Gasteiger partial charge is 0.480 e. The van der Waals surface area contributed by atoms with Crippen molar-refractivity contribution in [1.82, 2.24) is 4.90 Å². The van der Waals surface area contributed by atoms with Crippen LogP contribution in [0.1, 0.15) is 19.3 Å². The highest BCUT2D eigenvalue weighted by molar-refractivity contribution is 5.69. The van der Waals surface area contributed by atoms with Gasteiger partial charge in [0.05, 0.1) is 6.54 Å². The highest BCUT2D eigenvalue weighted by Gasteiger charge is 2.41. The van der Waals surface area contributed by atoms with Crippen molar-refractivity contribution >= 4 is 11.7 Å². The van der Waals surface area contributed by atoms with E-state index in [4.69, 9.17) is 5.11 Å². The molecule has 3 rings (SSSR count). The Hall–Kier alpha value is -1.69. The lowest BCUT2D eigenvalue weighted by atomic mass is 9.79. The average molecular weight is 310 g/mol. The SMILES string of the molecule is O=C(O)CN1CCCC2(CCN(c3cc(F)cc(F)c3)C2)C1. The lowest BCUT2D eigenvalue weighted by Gasteiger charge is -2.39. The number of hydrogen-bond donors (Lipinski definition) is 1. The first-order valence-electron chi connectivity index (χ1n) is 7.61. The summed E-state index contributed by atoms with van der Waals surface area (Å²) in [5, 5.41) is 8.95. The van der Waals surface area contributed by atoms with Crippen LogP contribution in [0.5, 0.6) is 0 Å². The molecule has 0 aromatic heterocycles. The maximum absolute atomic E-state index is 13.4. The van der Waals surface area contributed by atoms with Crippen molar-refractivity contribution < 1.29 is 18.7 Å². The van der Waals surface area contributed by atoms with Crippen molar-refractivity contribution in [3.8, 4) is 0 Å². The number of aliphatic carboxylic acids is 1. The molecule has 6 heteroatoms. The first kappa shape index (κ1) is 15.2. The van der Waals surface area contributed by atoms with Crippen LogP contribution in [0.3, 0.4) is 0 Å². The summed E-state index contributed by atoms with van der Waals surface area (Å²) in [4.78, 5) is 14.9. The Kier molecular flexibility index (Phi) is 4.04. The summed E-state index contributed by atoms with van der Waals surface area (Å²) in [5.41, 5.74) is 0.612. The van der Waals surface area contributed by atoms with Gasteiger partial charge in [-0.3, -0.25) is 9.69 Å². The fraction of sp³-hybridized carbons (Fsp3) is 0.562. The smallest absolute Gasteiger partial charge is 0.317 e. The molecular formula is C16H20F2N2O2. The Morgan fingerprint density at radius 3 is 2.55 bits per heavy atom. The van der Waals surface area contributed by atoms with Crippen LogP contribution in [0.2, 0.25) is 0 Å². The summed E-state index contributed by atoms with van der Waals surface area (Å²) in [6.45, 7) is 3.10. The van der Waals surface area contributed by atoms with Gasteiger partial charge in [0, 0.05) is 36.8 Å². The fourth-order valence-corrected chi connectivity index (χ4v) is 3.85. The van der Waals surface area contributed by atoms with Gasteiger partial charge in [0.2, 0.25) is 0 Å². The number of piperidine rings is 1. The van der Waals surface area contributed by atoms with E-state index in [1.54, 1.807) is 0 Å². The summed E-state index contributed by atoms with van der Waals surface area (Å²) < 4.78 is 26.8. The number of hydrogen-bond acceptors (Lipinski definition) is 3. The highest BCUT2D eigenvalue weighted by atomic mass is 19.1. The van der Waals surface area contributed by atoms with Gasteiger partial charge >= 0.3 is 5.97 Å². The second-order valence-electron chi connectivity index (χ2n) is 6.51. The second kappa shape index (κ2) is 5.83. The van der Waals surface area contributed by atoms with E-state index >= 15 is 0 Å². The van der Waals surface area contributed by atoms with Crippen molar-refractivity contribution in [2.24, 2.45) is 5.41 Å². The Bertz CT molecular complexity index is 561. The Labute approximate surface area is 128 Å². The molecular weight excluding hydrogens is 290 g/mol. The normalized spacial score (nSPS) is 25.8. The zero-order valence-corrected chi connectivity index (χ0v) is 12.4. The number of nitrogens with zero attached hydrogens (tertiary/aromatic N) is 2. The molecule has 0 radical (unpaired) electrons. The maximum atomic E-state index is 13.4. The van der Waals surface area contributed by atoms with Gasteiger partial charge in [0.1, 0.15) is 11.6 Å². The van der Waals surface area contributed by atoms with E-state index in [9.17, 15) is 13.6 Å². The van der Waals surface area contributed by atoms with Crippen LogP contribution in [0.25, 0.3) is 0 Å². The Balaban J connectivity index is 1.71. The van der Waals surface area contributed by atoms with Crippen molar-refractivity contribution in [2.75, 3.05) is 37.6 Å². The van der Waals surface area contributed by atoms with Crippen molar-refractivity contribution in [3.05, 3.63) is 29.8 Å². The minimum absolute atomic E-state index is 0.0382. The van der Waals surface area contributed by atoms with E-state index in [0.29, 0.717) is 5.69 Å². The standard InChI is InChI=1S/C16H20F2N2O2/c17-12-6-13(18)8-14(7-12)20-5-3-16(11-20)2-1-4-19(10-16)9-15(21)22/h6-8H,1-5,9-11H2,(H,21,22). The van der Waals surface area contributed by atoms with E-state index in [2.05, 4.69) is 0 Å². The summed E-state index contributed by atoms with van der Waals surface area (Å²) in [5.74, 6) is -1.93. The van der Waals surface area contributed by atoms with Gasteiger partial charge in [-0.2, -0.15) is 0 Å². The van der Waals surface area contributed by atoms with Crippen LogP contribution >= 0.6 is 0 Å². The average Bonchev–Trinajstić information content (AvgIpc) is 2.80. The Morgan fingerprint density at radius 1 is 1.14 bits per heavy atom. The van der Waals surface area contributed by atoms with Crippen LogP contribution < -0.4 is 4.90 Å². The third kappa shape index (κ3) is 3.21. The first-order valence-corrected chi connectivity index (χ1v) is 7.61. The molecule has 1 aromatic rings. The zero-order valence-electron chi connectivity index (χ0n) is 12.4. The molecule has 2 heterocycles. The van der Waals surface area contributed by atoms with Gasteiger partial charge < -0.3 is 10.0 Å². The van der Waals surface area contributed by atoms with E-state index in [-0.39, 0.29) is 12.0 Å². The molecule has 1 atom stereocenters. The number of carboxylic acids is 1. The third-order valence-electron chi connectivity index (χ3n) is 4.75. The van der Waals surface area contributed by atoms with E-state index in [1.807, 2.05) is 9.80 Å². The van der Waals surface area contributed by atoms with Gasteiger partial charge in [-0.15, -0.1) is 0 Å². The molecule has 2 saturated heterocycles. The summed E-state index contributed by atoms with van der Waals surface area (Å²) in [7, 11) is 0. The van der Waals surface area contributed by atoms with Gasteiger partial charge in [0.25, 0.3) is 0 Å². The quantitative estimate of drug-likeness (QED) is 0.931. The number of benzene rings is 1. The van der Waals surface area contributed by atoms with Crippen molar-refractivity contribution in [1.29, 1.82) is 0 Å². The minimum atomic E-state index is -0.806. The van der Waals surface area contributed by atoms with Gasteiger partial charge in [-0.05, 0) is 37.9 Å². The molecule has 0 bridgehead atoms. The number of halogens is 2.